The highest BCUT2D eigenvalue weighted by Gasteiger charge is 2.18. The van der Waals surface area contributed by atoms with E-state index in [0.29, 0.717) is 9.88 Å². The summed E-state index contributed by atoms with van der Waals surface area (Å²) in [5.41, 5.74) is 5.26. The highest BCUT2D eigenvalue weighted by molar-refractivity contribution is 7.94. The average molecular weight is 314 g/mol. The van der Waals surface area contributed by atoms with Crippen LogP contribution in [0.4, 0.5) is 5.13 Å². The van der Waals surface area contributed by atoms with E-state index in [2.05, 4.69) is 26.5 Å². The molecule has 0 aliphatic carbocycles. The molecule has 0 radical (unpaired) electrons. The molecule has 0 fully saturated rings. The number of rotatable bonds is 3. The van der Waals surface area contributed by atoms with Gasteiger partial charge in [-0.1, -0.05) is 23.2 Å². The molecule has 2 aromatic rings. The van der Waals surface area contributed by atoms with E-state index in [4.69, 9.17) is 5.73 Å². The van der Waals surface area contributed by atoms with Crippen LogP contribution in [0.3, 0.4) is 0 Å². The summed E-state index contributed by atoms with van der Waals surface area (Å²) in [5, 5.41) is 0.960. The number of nitrogens with two attached hydrogens (primary N) is 1. The smallest absolute Gasteiger partial charge is 0.274 e. The predicted octanol–water partition coefficient (Wildman–Crippen LogP) is 1.02. The fraction of sp³-hybridized carbons (Fsp3) is 0.200. The topological polar surface area (TPSA) is 98.0 Å². The van der Waals surface area contributed by atoms with Crippen molar-refractivity contribution in [3.8, 4) is 11.8 Å². The molecule has 2 heterocycles. The lowest BCUT2D eigenvalue weighted by Crippen LogP contribution is -2.11. The van der Waals surface area contributed by atoms with Crippen molar-refractivity contribution >= 4 is 37.8 Å². The largest absolute Gasteiger partial charge is 0.320 e. The van der Waals surface area contributed by atoms with Crippen LogP contribution in [0.15, 0.2) is 16.6 Å². The lowest BCUT2D eigenvalue weighted by Gasteiger charge is -2.00. The Labute approximate surface area is 118 Å². The minimum absolute atomic E-state index is 0.162. The monoisotopic (exact) mass is 314 g/mol. The Bertz CT molecular complexity index is 736. The standard InChI is InChI=1S/C10H10N4O2S3/c1-7-12-6-9(17-7)19(15,16)14-10-13-5-8(18-10)3-2-4-11/h5-6H,4,11H2,1H3,(H,13,14). The van der Waals surface area contributed by atoms with Gasteiger partial charge in [-0.2, -0.15) is 0 Å². The molecule has 0 unspecified atom stereocenters. The van der Waals surface area contributed by atoms with Gasteiger partial charge in [0.15, 0.2) is 9.34 Å². The molecule has 100 valence electrons. The van der Waals surface area contributed by atoms with Crippen molar-refractivity contribution < 1.29 is 8.42 Å². The van der Waals surface area contributed by atoms with E-state index in [1.807, 2.05) is 0 Å². The number of aryl methyl sites for hydroxylation is 1. The Morgan fingerprint density at radius 1 is 1.37 bits per heavy atom. The predicted molar refractivity (Wildman–Crippen MR) is 75.7 cm³/mol. The molecule has 2 rings (SSSR count). The van der Waals surface area contributed by atoms with Crippen LogP contribution in [0.5, 0.6) is 0 Å². The molecule has 0 aromatic carbocycles. The number of thiazole rings is 2. The Balaban J connectivity index is 2.19. The minimum Gasteiger partial charge on any atom is -0.320 e. The Morgan fingerprint density at radius 2 is 2.16 bits per heavy atom. The van der Waals surface area contributed by atoms with E-state index in [1.54, 1.807) is 6.92 Å². The molecule has 2 aromatic heterocycles. The zero-order valence-electron chi connectivity index (χ0n) is 9.87. The molecule has 0 atom stereocenters. The van der Waals surface area contributed by atoms with Crippen LogP contribution in [0.25, 0.3) is 0 Å². The summed E-state index contributed by atoms with van der Waals surface area (Å²) in [6, 6.07) is 0. The van der Waals surface area contributed by atoms with Crippen molar-refractivity contribution in [3.05, 3.63) is 22.3 Å². The molecule has 9 heteroatoms. The van der Waals surface area contributed by atoms with Crippen molar-refractivity contribution in [1.29, 1.82) is 0 Å². The number of hydrogen-bond acceptors (Lipinski definition) is 7. The molecule has 0 aliphatic rings. The Morgan fingerprint density at radius 3 is 2.79 bits per heavy atom. The average Bonchev–Trinajstić information content (AvgIpc) is 2.95. The number of nitrogens with zero attached hydrogens (tertiary/aromatic N) is 2. The maximum atomic E-state index is 12.0. The molecule has 0 saturated heterocycles. The van der Waals surface area contributed by atoms with Gasteiger partial charge < -0.3 is 5.73 Å². The normalized spacial score (nSPS) is 10.8. The van der Waals surface area contributed by atoms with Gasteiger partial charge in [0.1, 0.15) is 0 Å². The van der Waals surface area contributed by atoms with Crippen molar-refractivity contribution in [1.82, 2.24) is 9.97 Å². The van der Waals surface area contributed by atoms with Crippen molar-refractivity contribution in [2.45, 2.75) is 11.1 Å². The first-order valence-corrected chi connectivity index (χ1v) is 8.23. The third-order valence-electron chi connectivity index (χ3n) is 1.91. The second-order valence-electron chi connectivity index (χ2n) is 3.34. The molecule has 19 heavy (non-hydrogen) atoms. The maximum Gasteiger partial charge on any atom is 0.274 e. The summed E-state index contributed by atoms with van der Waals surface area (Å²) < 4.78 is 26.6. The van der Waals surface area contributed by atoms with Gasteiger partial charge in [0.2, 0.25) is 0 Å². The van der Waals surface area contributed by atoms with Crippen molar-refractivity contribution in [3.63, 3.8) is 0 Å². The number of nitrogens with one attached hydrogen (secondary N) is 1. The summed E-state index contributed by atoms with van der Waals surface area (Å²) in [5.74, 6) is 5.47. The zero-order chi connectivity index (χ0) is 13.9. The van der Waals surface area contributed by atoms with E-state index in [-0.39, 0.29) is 15.9 Å². The van der Waals surface area contributed by atoms with Crippen LogP contribution in [0.2, 0.25) is 0 Å². The van der Waals surface area contributed by atoms with Crippen molar-refractivity contribution in [2.24, 2.45) is 5.73 Å². The van der Waals surface area contributed by atoms with E-state index >= 15 is 0 Å². The van der Waals surface area contributed by atoms with E-state index in [1.165, 1.54) is 12.4 Å². The second kappa shape index (κ2) is 5.66. The van der Waals surface area contributed by atoms with Crippen LogP contribution >= 0.6 is 22.7 Å². The second-order valence-corrected chi connectivity index (χ2v) is 7.51. The summed E-state index contributed by atoms with van der Waals surface area (Å²) in [7, 11) is -3.62. The highest BCUT2D eigenvalue weighted by Crippen LogP contribution is 2.24. The third-order valence-corrected chi connectivity index (χ3v) is 5.58. The van der Waals surface area contributed by atoms with Gasteiger partial charge in [0, 0.05) is 0 Å². The first-order chi connectivity index (χ1) is 9.01. The van der Waals surface area contributed by atoms with Gasteiger partial charge in [-0.25, -0.2) is 18.4 Å². The SMILES string of the molecule is Cc1ncc(S(=O)(=O)Nc2ncc(C#CCN)s2)s1. The van der Waals surface area contributed by atoms with E-state index < -0.39 is 10.0 Å². The summed E-state index contributed by atoms with van der Waals surface area (Å²) in [6.45, 7) is 1.99. The molecular formula is C10H10N4O2S3. The Hall–Kier alpha value is -1.47. The quantitative estimate of drug-likeness (QED) is 0.824. The third kappa shape index (κ3) is 3.51. The maximum absolute atomic E-state index is 12.0. The van der Waals surface area contributed by atoms with Gasteiger partial charge >= 0.3 is 0 Å². The van der Waals surface area contributed by atoms with Crippen LogP contribution in [0.1, 0.15) is 9.88 Å². The van der Waals surface area contributed by atoms with Crippen LogP contribution in [0, 0.1) is 18.8 Å². The summed E-state index contributed by atoms with van der Waals surface area (Å²) in [6.07, 6.45) is 2.83. The van der Waals surface area contributed by atoms with Gasteiger partial charge in [-0.05, 0) is 6.92 Å². The lowest BCUT2D eigenvalue weighted by molar-refractivity contribution is 0.603. The van der Waals surface area contributed by atoms with Crippen LogP contribution in [-0.2, 0) is 10.0 Å². The van der Waals surface area contributed by atoms with Crippen molar-refractivity contribution in [2.75, 3.05) is 11.3 Å². The zero-order valence-corrected chi connectivity index (χ0v) is 12.3. The molecule has 0 amide bonds. The van der Waals surface area contributed by atoms with E-state index in [0.717, 1.165) is 22.7 Å². The lowest BCUT2D eigenvalue weighted by atomic mass is 10.5. The fourth-order valence-corrected chi connectivity index (χ4v) is 4.19. The molecule has 6 nitrogen and oxygen atoms in total. The summed E-state index contributed by atoms with van der Waals surface area (Å²) in [4.78, 5) is 8.53. The highest BCUT2D eigenvalue weighted by atomic mass is 32.2. The van der Waals surface area contributed by atoms with Crippen LogP contribution < -0.4 is 10.5 Å². The Kier molecular flexibility index (Phi) is 4.16. The molecule has 0 aliphatic heterocycles. The van der Waals surface area contributed by atoms with E-state index in [9.17, 15) is 8.42 Å². The number of anilines is 1. The molecule has 0 bridgehead atoms. The first kappa shape index (κ1) is 14.0. The molecule has 0 saturated carbocycles. The van der Waals surface area contributed by atoms with Gasteiger partial charge in [-0.3, -0.25) is 4.72 Å². The number of aromatic nitrogens is 2. The molecule has 0 spiro atoms. The fourth-order valence-electron chi connectivity index (χ4n) is 1.15. The van der Waals surface area contributed by atoms with Gasteiger partial charge in [0.05, 0.1) is 28.8 Å². The van der Waals surface area contributed by atoms with Crippen LogP contribution in [-0.4, -0.2) is 24.9 Å². The molecule has 3 N–H and O–H groups in total. The molecular weight excluding hydrogens is 304 g/mol. The number of hydrogen-bond donors (Lipinski definition) is 2. The minimum atomic E-state index is -3.62. The van der Waals surface area contributed by atoms with Gasteiger partial charge in [-0.15, -0.1) is 11.3 Å². The first-order valence-electron chi connectivity index (χ1n) is 5.11. The summed E-state index contributed by atoms with van der Waals surface area (Å²) >= 11 is 2.26. The van der Waals surface area contributed by atoms with Gasteiger partial charge in [0.25, 0.3) is 10.0 Å². The number of sulfonamides is 1.